The van der Waals surface area contributed by atoms with Gasteiger partial charge in [0.05, 0.1) is 0 Å². The number of rotatable bonds is 6. The van der Waals surface area contributed by atoms with E-state index in [1.54, 1.807) is 24.3 Å². The maximum Gasteiger partial charge on any atom is 0.319 e. The predicted octanol–water partition coefficient (Wildman–Crippen LogP) is 1.35. The number of carboxylic acids is 1. The number of amides is 1. The average molecular weight is 311 g/mol. The second-order valence-corrected chi connectivity index (χ2v) is 7.46. The van der Waals surface area contributed by atoms with Crippen LogP contribution < -0.4 is 5.32 Å². The normalized spacial score (nSPS) is 14.2. The largest absolute Gasteiger partial charge is 0.480 e. The van der Waals surface area contributed by atoms with Gasteiger partial charge in [-0.25, -0.2) is 0 Å². The third-order valence-corrected chi connectivity index (χ3v) is 4.19. The zero-order valence-electron chi connectivity index (χ0n) is 12.5. The molecule has 2 atom stereocenters. The Morgan fingerprint density at radius 3 is 2.29 bits per heavy atom. The van der Waals surface area contributed by atoms with Crippen molar-refractivity contribution in [1.29, 1.82) is 0 Å². The van der Waals surface area contributed by atoms with Gasteiger partial charge in [-0.1, -0.05) is 30.3 Å². The van der Waals surface area contributed by atoms with Crippen LogP contribution in [0.25, 0.3) is 0 Å². The summed E-state index contributed by atoms with van der Waals surface area (Å²) in [7, 11) is -1.76. The molecule has 0 aliphatic heterocycles. The first-order valence-corrected chi connectivity index (χ1v) is 8.02. The van der Waals surface area contributed by atoms with Crippen molar-refractivity contribution in [2.24, 2.45) is 0 Å². The van der Waals surface area contributed by atoms with Gasteiger partial charge in [0, 0.05) is 16.3 Å². The Morgan fingerprint density at radius 1 is 1.24 bits per heavy atom. The fraction of sp³-hybridized carbons (Fsp3) is 0.467. The highest BCUT2D eigenvalue weighted by molar-refractivity contribution is 7.87. The number of benzene rings is 1. The molecule has 0 aliphatic carbocycles. The molecule has 116 valence electrons. The number of carboxylic acid groups (broad SMARTS) is 1. The minimum Gasteiger partial charge on any atom is -0.480 e. The van der Waals surface area contributed by atoms with Gasteiger partial charge in [-0.3, -0.25) is 13.8 Å². The summed E-state index contributed by atoms with van der Waals surface area (Å²) >= 11 is 0. The van der Waals surface area contributed by atoms with E-state index in [1.165, 1.54) is 0 Å². The van der Waals surface area contributed by atoms with E-state index in [0.717, 1.165) is 5.56 Å². The highest BCUT2D eigenvalue weighted by atomic mass is 32.2. The third-order valence-electron chi connectivity index (χ3n) is 2.64. The molecule has 0 heterocycles. The lowest BCUT2D eigenvalue weighted by Crippen LogP contribution is -2.44. The summed E-state index contributed by atoms with van der Waals surface area (Å²) in [4.78, 5) is 23.0. The minimum atomic E-state index is -1.76. The van der Waals surface area contributed by atoms with Crippen LogP contribution >= 0.6 is 0 Å². The molecule has 1 amide bonds. The van der Waals surface area contributed by atoms with E-state index in [2.05, 4.69) is 5.32 Å². The van der Waals surface area contributed by atoms with E-state index in [0.29, 0.717) is 0 Å². The first kappa shape index (κ1) is 17.4. The van der Waals surface area contributed by atoms with Crippen LogP contribution in [-0.2, 0) is 26.8 Å². The standard InChI is InChI=1S/C15H21NO4S/c1-15(2,3)16-13(17)10-21(20)12(14(18)19)9-11-7-5-4-6-8-11/h4-8,12H,9-10H2,1-3H3,(H,16,17)(H,18,19). The molecule has 1 aromatic carbocycles. The Kier molecular flexibility index (Phi) is 6.08. The van der Waals surface area contributed by atoms with E-state index >= 15 is 0 Å². The van der Waals surface area contributed by atoms with Crippen molar-refractivity contribution >= 4 is 22.7 Å². The monoisotopic (exact) mass is 311 g/mol. The van der Waals surface area contributed by atoms with Crippen LogP contribution in [0.5, 0.6) is 0 Å². The Bertz CT molecular complexity index is 522. The molecule has 0 aliphatic rings. The summed E-state index contributed by atoms with van der Waals surface area (Å²) in [6, 6.07) is 8.98. The zero-order chi connectivity index (χ0) is 16.0. The quantitative estimate of drug-likeness (QED) is 0.830. The van der Waals surface area contributed by atoms with Crippen LogP contribution in [-0.4, -0.2) is 37.7 Å². The van der Waals surface area contributed by atoms with Gasteiger partial charge in [-0.15, -0.1) is 0 Å². The average Bonchev–Trinajstić information content (AvgIpc) is 2.34. The zero-order valence-corrected chi connectivity index (χ0v) is 13.3. The molecule has 2 unspecified atom stereocenters. The number of carbonyl (C=O) groups is 2. The van der Waals surface area contributed by atoms with Crippen molar-refractivity contribution < 1.29 is 18.9 Å². The maximum absolute atomic E-state index is 12.2. The Hall–Kier alpha value is -1.69. The lowest BCUT2D eigenvalue weighted by molar-refractivity contribution is -0.136. The molecule has 0 saturated carbocycles. The van der Waals surface area contributed by atoms with Gasteiger partial charge in [-0.05, 0) is 32.8 Å². The Balaban J connectivity index is 2.71. The van der Waals surface area contributed by atoms with E-state index in [4.69, 9.17) is 0 Å². The van der Waals surface area contributed by atoms with Crippen LogP contribution in [0.15, 0.2) is 30.3 Å². The van der Waals surface area contributed by atoms with Gasteiger partial charge in [0.25, 0.3) is 0 Å². The fourth-order valence-corrected chi connectivity index (χ4v) is 2.94. The SMILES string of the molecule is CC(C)(C)NC(=O)CS(=O)C(Cc1ccccc1)C(=O)O. The second-order valence-electron chi connectivity index (χ2n) is 5.84. The lowest BCUT2D eigenvalue weighted by atomic mass is 10.1. The summed E-state index contributed by atoms with van der Waals surface area (Å²) in [5.74, 6) is -1.86. The highest BCUT2D eigenvalue weighted by Gasteiger charge is 2.27. The molecule has 2 N–H and O–H groups in total. The summed E-state index contributed by atoms with van der Waals surface area (Å²) in [6.45, 7) is 5.44. The fourth-order valence-electron chi connectivity index (χ4n) is 1.81. The van der Waals surface area contributed by atoms with Crippen molar-refractivity contribution in [2.75, 3.05) is 5.75 Å². The smallest absolute Gasteiger partial charge is 0.319 e. The number of hydrogen-bond acceptors (Lipinski definition) is 3. The predicted molar refractivity (Wildman–Crippen MR) is 82.5 cm³/mol. The molecule has 1 aromatic rings. The van der Waals surface area contributed by atoms with Gasteiger partial charge in [0.1, 0.15) is 11.0 Å². The number of aliphatic carboxylic acids is 1. The van der Waals surface area contributed by atoms with Gasteiger partial charge < -0.3 is 10.4 Å². The molecule has 0 aromatic heterocycles. The molecule has 1 rings (SSSR count). The summed E-state index contributed by atoms with van der Waals surface area (Å²) in [5.41, 5.74) is 0.355. The Morgan fingerprint density at radius 2 is 1.81 bits per heavy atom. The van der Waals surface area contributed by atoms with Crippen LogP contribution in [0, 0.1) is 0 Å². The lowest BCUT2D eigenvalue weighted by Gasteiger charge is -2.21. The molecule has 21 heavy (non-hydrogen) atoms. The molecule has 6 heteroatoms. The van der Waals surface area contributed by atoms with E-state index < -0.39 is 33.5 Å². The van der Waals surface area contributed by atoms with E-state index in [1.807, 2.05) is 26.8 Å². The van der Waals surface area contributed by atoms with Crippen molar-refractivity contribution in [2.45, 2.75) is 38.0 Å². The van der Waals surface area contributed by atoms with Crippen LogP contribution in [0.4, 0.5) is 0 Å². The summed E-state index contributed by atoms with van der Waals surface area (Å²) < 4.78 is 12.2. The molecule has 0 fully saturated rings. The molecule has 0 spiro atoms. The van der Waals surface area contributed by atoms with Crippen molar-refractivity contribution in [1.82, 2.24) is 5.32 Å². The second kappa shape index (κ2) is 7.36. The van der Waals surface area contributed by atoms with Crippen molar-refractivity contribution in [3.8, 4) is 0 Å². The molecular formula is C15H21NO4S. The summed E-state index contributed by atoms with van der Waals surface area (Å²) in [5, 5.41) is 10.8. The van der Waals surface area contributed by atoms with Crippen LogP contribution in [0.3, 0.4) is 0 Å². The summed E-state index contributed by atoms with van der Waals surface area (Å²) in [6.07, 6.45) is 0.144. The third kappa shape index (κ3) is 6.53. The van der Waals surface area contributed by atoms with Gasteiger partial charge in [-0.2, -0.15) is 0 Å². The van der Waals surface area contributed by atoms with Crippen molar-refractivity contribution in [3.05, 3.63) is 35.9 Å². The van der Waals surface area contributed by atoms with Gasteiger partial charge >= 0.3 is 5.97 Å². The number of hydrogen-bond donors (Lipinski definition) is 2. The molecule has 5 nitrogen and oxygen atoms in total. The number of carbonyl (C=O) groups excluding carboxylic acids is 1. The highest BCUT2D eigenvalue weighted by Crippen LogP contribution is 2.09. The Labute approximate surface area is 127 Å². The first-order valence-electron chi connectivity index (χ1n) is 6.64. The molecule has 0 bridgehead atoms. The topological polar surface area (TPSA) is 83.5 Å². The van der Waals surface area contributed by atoms with Crippen LogP contribution in [0.1, 0.15) is 26.3 Å². The van der Waals surface area contributed by atoms with Crippen LogP contribution in [0.2, 0.25) is 0 Å². The molecular weight excluding hydrogens is 290 g/mol. The molecule has 0 radical (unpaired) electrons. The van der Waals surface area contributed by atoms with Gasteiger partial charge in [0.15, 0.2) is 0 Å². The minimum absolute atomic E-state index is 0.144. The molecule has 0 saturated heterocycles. The first-order chi connectivity index (χ1) is 9.69. The van der Waals surface area contributed by atoms with Crippen molar-refractivity contribution in [3.63, 3.8) is 0 Å². The number of nitrogens with one attached hydrogen (secondary N) is 1. The van der Waals surface area contributed by atoms with Gasteiger partial charge in [0.2, 0.25) is 5.91 Å². The van der Waals surface area contributed by atoms with E-state index in [-0.39, 0.29) is 12.2 Å². The maximum atomic E-state index is 12.2. The van der Waals surface area contributed by atoms with E-state index in [9.17, 15) is 18.9 Å².